The van der Waals surface area contributed by atoms with Gasteiger partial charge in [0.1, 0.15) is 5.82 Å². The van der Waals surface area contributed by atoms with Gasteiger partial charge < -0.3 is 5.73 Å². The van der Waals surface area contributed by atoms with Crippen LogP contribution in [0.5, 0.6) is 0 Å². The highest BCUT2D eigenvalue weighted by Crippen LogP contribution is 2.14. The fourth-order valence-corrected chi connectivity index (χ4v) is 1.36. The van der Waals surface area contributed by atoms with E-state index in [9.17, 15) is 4.39 Å². The van der Waals surface area contributed by atoms with Gasteiger partial charge in [-0.3, -0.25) is 0 Å². The highest BCUT2D eigenvalue weighted by molar-refractivity contribution is 5.27. The van der Waals surface area contributed by atoms with Crippen molar-refractivity contribution in [2.45, 2.75) is 32.7 Å². The van der Waals surface area contributed by atoms with Gasteiger partial charge in [-0.25, -0.2) is 4.39 Å². The van der Waals surface area contributed by atoms with E-state index in [0.29, 0.717) is 0 Å². The lowest BCUT2D eigenvalue weighted by Gasteiger charge is -2.08. The Balaban J connectivity index is 2.75. The number of hydrogen-bond acceptors (Lipinski definition) is 1. The van der Waals surface area contributed by atoms with E-state index in [1.807, 2.05) is 19.9 Å². The predicted molar refractivity (Wildman–Crippen MR) is 53.1 cm³/mol. The molecule has 0 heterocycles. The number of halogens is 1. The summed E-state index contributed by atoms with van der Waals surface area (Å²) in [6.45, 7) is 3.87. The summed E-state index contributed by atoms with van der Waals surface area (Å²) in [5, 5.41) is 0. The maximum atomic E-state index is 13.3. The topological polar surface area (TPSA) is 26.0 Å². The zero-order valence-corrected chi connectivity index (χ0v) is 8.18. The minimum atomic E-state index is -0.111. The molecule has 0 saturated heterocycles. The van der Waals surface area contributed by atoms with Crippen molar-refractivity contribution in [2.24, 2.45) is 5.73 Å². The van der Waals surface area contributed by atoms with Crippen LogP contribution < -0.4 is 5.73 Å². The molecule has 1 aromatic carbocycles. The summed E-state index contributed by atoms with van der Waals surface area (Å²) in [5.74, 6) is -0.111. The summed E-state index contributed by atoms with van der Waals surface area (Å²) < 4.78 is 13.3. The van der Waals surface area contributed by atoms with E-state index in [1.54, 1.807) is 6.07 Å². The standard InChI is InChI=1S/C11H16FN/c1-8-4-3-5-11(12)10(8)7-6-9(2)13/h3-5,9H,6-7,13H2,1-2H3/t9-/m1/s1. The molecular weight excluding hydrogens is 165 g/mol. The number of aryl methyl sites for hydroxylation is 1. The normalized spacial score (nSPS) is 12.9. The lowest BCUT2D eigenvalue weighted by atomic mass is 10.0. The highest BCUT2D eigenvalue weighted by atomic mass is 19.1. The van der Waals surface area contributed by atoms with E-state index in [0.717, 1.165) is 24.0 Å². The minimum Gasteiger partial charge on any atom is -0.328 e. The Labute approximate surface area is 78.8 Å². The summed E-state index contributed by atoms with van der Waals surface area (Å²) in [4.78, 5) is 0. The van der Waals surface area contributed by atoms with Gasteiger partial charge in [0.2, 0.25) is 0 Å². The second-order valence-corrected chi connectivity index (χ2v) is 3.55. The predicted octanol–water partition coefficient (Wildman–Crippen LogP) is 2.41. The van der Waals surface area contributed by atoms with Crippen molar-refractivity contribution in [3.63, 3.8) is 0 Å². The quantitative estimate of drug-likeness (QED) is 0.761. The number of nitrogens with two attached hydrogens (primary N) is 1. The van der Waals surface area contributed by atoms with Gasteiger partial charge in [0, 0.05) is 6.04 Å². The summed E-state index contributed by atoms with van der Waals surface area (Å²) in [7, 11) is 0. The SMILES string of the molecule is Cc1cccc(F)c1CC[C@@H](C)N. The van der Waals surface area contributed by atoms with Crippen molar-refractivity contribution in [2.75, 3.05) is 0 Å². The van der Waals surface area contributed by atoms with Crippen LogP contribution in [0.3, 0.4) is 0 Å². The van der Waals surface area contributed by atoms with Gasteiger partial charge in [0.05, 0.1) is 0 Å². The molecule has 0 spiro atoms. The summed E-state index contributed by atoms with van der Waals surface area (Å²) in [6.07, 6.45) is 1.57. The van der Waals surface area contributed by atoms with Crippen molar-refractivity contribution < 1.29 is 4.39 Å². The largest absolute Gasteiger partial charge is 0.328 e. The van der Waals surface area contributed by atoms with Gasteiger partial charge in [0.15, 0.2) is 0 Å². The first-order valence-corrected chi connectivity index (χ1v) is 4.61. The maximum absolute atomic E-state index is 13.3. The third-order valence-electron chi connectivity index (χ3n) is 2.20. The molecule has 0 bridgehead atoms. The molecule has 1 rings (SSSR count). The smallest absolute Gasteiger partial charge is 0.126 e. The van der Waals surface area contributed by atoms with E-state index in [2.05, 4.69) is 0 Å². The Morgan fingerprint density at radius 1 is 1.46 bits per heavy atom. The third-order valence-corrected chi connectivity index (χ3v) is 2.20. The van der Waals surface area contributed by atoms with Crippen LogP contribution >= 0.6 is 0 Å². The zero-order valence-electron chi connectivity index (χ0n) is 8.18. The van der Waals surface area contributed by atoms with Gasteiger partial charge in [-0.2, -0.15) is 0 Å². The molecule has 0 aliphatic carbocycles. The molecule has 2 heteroatoms. The molecular formula is C11H16FN. The Bertz CT molecular complexity index is 261. The van der Waals surface area contributed by atoms with Gasteiger partial charge >= 0.3 is 0 Å². The molecule has 72 valence electrons. The second-order valence-electron chi connectivity index (χ2n) is 3.55. The van der Waals surface area contributed by atoms with Gasteiger partial charge in [-0.1, -0.05) is 12.1 Å². The van der Waals surface area contributed by atoms with E-state index < -0.39 is 0 Å². The molecule has 0 saturated carbocycles. The molecule has 0 aliphatic rings. The van der Waals surface area contributed by atoms with E-state index in [4.69, 9.17) is 5.73 Å². The monoisotopic (exact) mass is 181 g/mol. The molecule has 0 radical (unpaired) electrons. The molecule has 0 aliphatic heterocycles. The Kier molecular flexibility index (Phi) is 3.43. The Morgan fingerprint density at radius 3 is 2.69 bits per heavy atom. The van der Waals surface area contributed by atoms with Crippen LogP contribution in [0.15, 0.2) is 18.2 Å². The molecule has 1 aromatic rings. The zero-order chi connectivity index (χ0) is 9.84. The van der Waals surface area contributed by atoms with Crippen molar-refractivity contribution >= 4 is 0 Å². The molecule has 0 amide bonds. The molecule has 2 N–H and O–H groups in total. The lowest BCUT2D eigenvalue weighted by molar-refractivity contribution is 0.588. The van der Waals surface area contributed by atoms with Gasteiger partial charge in [-0.05, 0) is 43.9 Å². The average Bonchev–Trinajstić information content (AvgIpc) is 2.03. The fourth-order valence-electron chi connectivity index (χ4n) is 1.36. The third kappa shape index (κ3) is 2.81. The lowest BCUT2D eigenvalue weighted by Crippen LogP contribution is -2.16. The van der Waals surface area contributed by atoms with Crippen LogP contribution in [-0.2, 0) is 6.42 Å². The first-order chi connectivity index (χ1) is 6.11. The fraction of sp³-hybridized carbons (Fsp3) is 0.455. The second kappa shape index (κ2) is 4.38. The van der Waals surface area contributed by atoms with E-state index in [1.165, 1.54) is 6.07 Å². The maximum Gasteiger partial charge on any atom is 0.126 e. The number of rotatable bonds is 3. The van der Waals surface area contributed by atoms with Crippen molar-refractivity contribution in [3.8, 4) is 0 Å². The molecule has 0 unspecified atom stereocenters. The summed E-state index contributed by atoms with van der Waals surface area (Å²) >= 11 is 0. The van der Waals surface area contributed by atoms with Crippen molar-refractivity contribution in [3.05, 3.63) is 35.1 Å². The number of benzene rings is 1. The Hall–Kier alpha value is -0.890. The van der Waals surface area contributed by atoms with Crippen LogP contribution in [0, 0.1) is 12.7 Å². The van der Waals surface area contributed by atoms with Crippen LogP contribution in [0.4, 0.5) is 4.39 Å². The highest BCUT2D eigenvalue weighted by Gasteiger charge is 2.05. The molecule has 0 aromatic heterocycles. The minimum absolute atomic E-state index is 0.111. The molecule has 1 nitrogen and oxygen atoms in total. The van der Waals surface area contributed by atoms with Crippen molar-refractivity contribution in [1.29, 1.82) is 0 Å². The van der Waals surface area contributed by atoms with Gasteiger partial charge in [0.25, 0.3) is 0 Å². The van der Waals surface area contributed by atoms with Crippen LogP contribution in [0.1, 0.15) is 24.5 Å². The van der Waals surface area contributed by atoms with Crippen molar-refractivity contribution in [1.82, 2.24) is 0 Å². The summed E-state index contributed by atoms with van der Waals surface area (Å²) in [5.41, 5.74) is 7.44. The first-order valence-electron chi connectivity index (χ1n) is 4.61. The van der Waals surface area contributed by atoms with Crippen LogP contribution in [0.2, 0.25) is 0 Å². The van der Waals surface area contributed by atoms with Crippen LogP contribution in [0.25, 0.3) is 0 Å². The average molecular weight is 181 g/mol. The molecule has 13 heavy (non-hydrogen) atoms. The first kappa shape index (κ1) is 10.2. The molecule has 0 fully saturated rings. The Morgan fingerprint density at radius 2 is 2.15 bits per heavy atom. The summed E-state index contributed by atoms with van der Waals surface area (Å²) in [6, 6.07) is 5.31. The van der Waals surface area contributed by atoms with Crippen LogP contribution in [-0.4, -0.2) is 6.04 Å². The number of hydrogen-bond donors (Lipinski definition) is 1. The van der Waals surface area contributed by atoms with E-state index >= 15 is 0 Å². The van der Waals surface area contributed by atoms with E-state index in [-0.39, 0.29) is 11.9 Å². The van der Waals surface area contributed by atoms with Gasteiger partial charge in [-0.15, -0.1) is 0 Å². The molecule has 1 atom stereocenters.